The van der Waals surface area contributed by atoms with Gasteiger partial charge < -0.3 is 19.4 Å². The minimum atomic E-state index is -0.144. The molecule has 1 amide bonds. The van der Waals surface area contributed by atoms with Gasteiger partial charge in [-0.25, -0.2) is 9.97 Å². The van der Waals surface area contributed by atoms with Crippen LogP contribution in [-0.2, 0) is 4.74 Å². The van der Waals surface area contributed by atoms with Crippen LogP contribution in [0.4, 0.5) is 5.95 Å². The predicted molar refractivity (Wildman–Crippen MR) is 91.3 cm³/mol. The number of piperidine rings is 1. The molecule has 1 atom stereocenters. The molecule has 0 saturated carbocycles. The Morgan fingerprint density at radius 2 is 2.08 bits per heavy atom. The van der Waals surface area contributed by atoms with Gasteiger partial charge in [0.2, 0.25) is 5.95 Å². The van der Waals surface area contributed by atoms with Gasteiger partial charge in [0.25, 0.3) is 5.91 Å². The predicted octanol–water partition coefficient (Wildman–Crippen LogP) is 2.25. The molecular weight excluding hydrogens is 320 g/mol. The van der Waals surface area contributed by atoms with E-state index in [4.69, 9.17) is 9.15 Å². The zero-order chi connectivity index (χ0) is 17.3. The van der Waals surface area contributed by atoms with Crippen LogP contribution in [0.5, 0.6) is 0 Å². The third kappa shape index (κ3) is 3.24. The van der Waals surface area contributed by atoms with Crippen molar-refractivity contribution in [2.45, 2.75) is 37.8 Å². The summed E-state index contributed by atoms with van der Waals surface area (Å²) in [6, 6.07) is 3.75. The van der Waals surface area contributed by atoms with Gasteiger partial charge in [0.1, 0.15) is 5.76 Å². The highest BCUT2D eigenvalue weighted by Gasteiger charge is 2.43. The smallest absolute Gasteiger partial charge is 0.257 e. The van der Waals surface area contributed by atoms with E-state index in [9.17, 15) is 4.79 Å². The zero-order valence-corrected chi connectivity index (χ0v) is 14.3. The van der Waals surface area contributed by atoms with Gasteiger partial charge in [-0.2, -0.15) is 0 Å². The molecule has 1 N–H and O–H groups in total. The van der Waals surface area contributed by atoms with Crippen molar-refractivity contribution in [1.29, 1.82) is 0 Å². The van der Waals surface area contributed by atoms with Gasteiger partial charge in [-0.1, -0.05) is 0 Å². The Hall–Kier alpha value is -2.41. The Kier molecular flexibility index (Phi) is 4.17. The van der Waals surface area contributed by atoms with Crippen molar-refractivity contribution in [2.75, 3.05) is 25.0 Å². The van der Waals surface area contributed by atoms with E-state index in [0.717, 1.165) is 19.3 Å². The van der Waals surface area contributed by atoms with Crippen molar-refractivity contribution in [3.05, 3.63) is 42.1 Å². The Labute approximate surface area is 146 Å². The summed E-state index contributed by atoms with van der Waals surface area (Å²) in [5, 5.41) is 3.34. The maximum absolute atomic E-state index is 12.6. The first-order valence-corrected chi connectivity index (χ1v) is 8.66. The summed E-state index contributed by atoms with van der Waals surface area (Å²) in [4.78, 5) is 22.9. The molecule has 25 heavy (non-hydrogen) atoms. The molecular formula is C18H22N4O3. The second-order valence-corrected chi connectivity index (χ2v) is 6.79. The molecule has 7 heteroatoms. The lowest BCUT2D eigenvalue weighted by atomic mass is 9.87. The molecule has 7 nitrogen and oxygen atoms in total. The van der Waals surface area contributed by atoms with E-state index in [0.29, 0.717) is 37.0 Å². The van der Waals surface area contributed by atoms with Crippen LogP contribution in [0, 0.1) is 6.92 Å². The summed E-state index contributed by atoms with van der Waals surface area (Å²) < 4.78 is 11.4. The van der Waals surface area contributed by atoms with Crippen LogP contribution in [-0.4, -0.2) is 52.1 Å². The molecule has 4 rings (SSSR count). The number of aromatic nitrogens is 2. The van der Waals surface area contributed by atoms with Gasteiger partial charge in [-0.15, -0.1) is 0 Å². The highest BCUT2D eigenvalue weighted by Crippen LogP contribution is 2.37. The van der Waals surface area contributed by atoms with Crippen molar-refractivity contribution >= 4 is 11.9 Å². The Balaban J connectivity index is 1.34. The summed E-state index contributed by atoms with van der Waals surface area (Å²) in [6.07, 6.45) is 7.63. The number of carbonyl (C=O) groups excluding carboxylic acids is 1. The first kappa shape index (κ1) is 16.1. The molecule has 2 aromatic heterocycles. The lowest BCUT2D eigenvalue weighted by Crippen LogP contribution is -2.46. The van der Waals surface area contributed by atoms with E-state index in [1.807, 2.05) is 11.8 Å². The molecule has 2 fully saturated rings. The summed E-state index contributed by atoms with van der Waals surface area (Å²) in [6.45, 7) is 3.88. The van der Waals surface area contributed by atoms with E-state index in [2.05, 4.69) is 15.3 Å². The van der Waals surface area contributed by atoms with Gasteiger partial charge in [0.15, 0.2) is 0 Å². The number of nitrogens with one attached hydrogen (secondary N) is 1. The minimum absolute atomic E-state index is 0.0476. The van der Waals surface area contributed by atoms with Crippen molar-refractivity contribution < 1.29 is 13.9 Å². The molecule has 2 aliphatic rings. The summed E-state index contributed by atoms with van der Waals surface area (Å²) in [7, 11) is 0. The Bertz CT molecular complexity index is 738. The molecule has 2 aliphatic heterocycles. The van der Waals surface area contributed by atoms with Gasteiger partial charge in [-0.3, -0.25) is 4.79 Å². The molecule has 0 bridgehead atoms. The molecule has 2 saturated heterocycles. The number of hydrogen-bond acceptors (Lipinski definition) is 6. The SMILES string of the molecule is Cc1occc1C(=O)N1CCC2(CC1)C[C@@H](Nc1ncccn1)CO2. The molecule has 132 valence electrons. The molecule has 0 aliphatic carbocycles. The number of aryl methyl sites for hydroxylation is 1. The number of anilines is 1. The van der Waals surface area contributed by atoms with E-state index in [1.165, 1.54) is 0 Å². The van der Waals surface area contributed by atoms with Crippen LogP contribution in [0.15, 0.2) is 35.2 Å². The van der Waals surface area contributed by atoms with E-state index >= 15 is 0 Å². The fraction of sp³-hybridized carbons (Fsp3) is 0.500. The largest absolute Gasteiger partial charge is 0.469 e. The Morgan fingerprint density at radius 1 is 1.32 bits per heavy atom. The minimum Gasteiger partial charge on any atom is -0.469 e. The standard InChI is InChI=1S/C18H22N4O3/c1-13-15(3-10-24-13)16(23)22-8-4-18(5-9-22)11-14(12-25-18)21-17-19-6-2-7-20-17/h2-3,6-7,10,14H,4-5,8-9,11-12H2,1H3,(H,19,20,21)/t14-/m1/s1. The maximum atomic E-state index is 12.6. The fourth-order valence-corrected chi connectivity index (χ4v) is 3.74. The third-order valence-electron chi connectivity index (χ3n) is 5.16. The van der Waals surface area contributed by atoms with Crippen molar-refractivity contribution in [3.63, 3.8) is 0 Å². The number of likely N-dealkylation sites (tertiary alicyclic amines) is 1. The highest BCUT2D eigenvalue weighted by molar-refractivity contribution is 5.95. The number of rotatable bonds is 3. The second kappa shape index (κ2) is 6.48. The molecule has 0 aromatic carbocycles. The van der Waals surface area contributed by atoms with Crippen LogP contribution in [0.1, 0.15) is 35.4 Å². The lowest BCUT2D eigenvalue weighted by molar-refractivity contribution is -0.0388. The molecule has 4 heterocycles. The van der Waals surface area contributed by atoms with Gasteiger partial charge in [-0.05, 0) is 38.3 Å². The van der Waals surface area contributed by atoms with Crippen LogP contribution in [0.3, 0.4) is 0 Å². The highest BCUT2D eigenvalue weighted by atomic mass is 16.5. The normalized spacial score (nSPS) is 22.3. The number of ether oxygens (including phenoxy) is 1. The zero-order valence-electron chi connectivity index (χ0n) is 14.3. The molecule has 0 unspecified atom stereocenters. The van der Waals surface area contributed by atoms with Crippen LogP contribution in [0.25, 0.3) is 0 Å². The topological polar surface area (TPSA) is 80.5 Å². The first-order chi connectivity index (χ1) is 12.2. The van der Waals surface area contributed by atoms with Gasteiger partial charge >= 0.3 is 0 Å². The van der Waals surface area contributed by atoms with Crippen LogP contribution in [0.2, 0.25) is 0 Å². The maximum Gasteiger partial charge on any atom is 0.257 e. The average Bonchev–Trinajstić information content (AvgIpc) is 3.23. The Morgan fingerprint density at radius 3 is 2.76 bits per heavy atom. The summed E-state index contributed by atoms with van der Waals surface area (Å²) >= 11 is 0. The molecule has 0 radical (unpaired) electrons. The number of furan rings is 1. The number of hydrogen-bond donors (Lipinski definition) is 1. The third-order valence-corrected chi connectivity index (χ3v) is 5.16. The summed E-state index contributed by atoms with van der Waals surface area (Å²) in [5.74, 6) is 1.36. The van der Waals surface area contributed by atoms with Crippen molar-refractivity contribution in [2.24, 2.45) is 0 Å². The van der Waals surface area contributed by atoms with E-state index in [-0.39, 0.29) is 17.6 Å². The first-order valence-electron chi connectivity index (χ1n) is 8.66. The fourth-order valence-electron chi connectivity index (χ4n) is 3.74. The van der Waals surface area contributed by atoms with Crippen LogP contribution >= 0.6 is 0 Å². The average molecular weight is 342 g/mol. The monoisotopic (exact) mass is 342 g/mol. The van der Waals surface area contributed by atoms with Crippen molar-refractivity contribution in [3.8, 4) is 0 Å². The molecule has 1 spiro atoms. The van der Waals surface area contributed by atoms with Gasteiger partial charge in [0.05, 0.1) is 30.1 Å². The summed E-state index contributed by atoms with van der Waals surface area (Å²) in [5.41, 5.74) is 0.512. The second-order valence-electron chi connectivity index (χ2n) is 6.79. The number of carbonyl (C=O) groups is 1. The van der Waals surface area contributed by atoms with E-state index < -0.39 is 0 Å². The van der Waals surface area contributed by atoms with Crippen LogP contribution < -0.4 is 5.32 Å². The van der Waals surface area contributed by atoms with Crippen molar-refractivity contribution in [1.82, 2.24) is 14.9 Å². The number of amides is 1. The molecule has 2 aromatic rings. The number of nitrogens with zero attached hydrogens (tertiary/aromatic N) is 3. The lowest BCUT2D eigenvalue weighted by Gasteiger charge is -2.38. The quantitative estimate of drug-likeness (QED) is 0.921. The van der Waals surface area contributed by atoms with Gasteiger partial charge in [0, 0.05) is 25.5 Å². The van der Waals surface area contributed by atoms with E-state index in [1.54, 1.807) is 30.8 Å².